The van der Waals surface area contributed by atoms with Gasteiger partial charge in [0.2, 0.25) is 0 Å². The number of rotatable bonds is 6. The van der Waals surface area contributed by atoms with E-state index in [1.165, 1.54) is 0 Å². The maximum absolute atomic E-state index is 14.1. The fraction of sp³-hybridized carbons (Fsp3) is 0.417. The number of para-hydroxylation sites is 1. The SMILES string of the molecule is CCc1cccc(C(C)(C)CC(O)(Cc2cc3c([nH]2)C=CC=CC3)C(F)(F)F)c1O. The number of hydrogen-bond acceptors (Lipinski definition) is 2. The van der Waals surface area contributed by atoms with Crippen LogP contribution in [0.2, 0.25) is 0 Å². The van der Waals surface area contributed by atoms with Gasteiger partial charge in [-0.3, -0.25) is 0 Å². The van der Waals surface area contributed by atoms with Gasteiger partial charge in [0.05, 0.1) is 0 Å². The zero-order chi connectivity index (χ0) is 22.2. The van der Waals surface area contributed by atoms with E-state index in [-0.39, 0.29) is 5.75 Å². The molecule has 0 aliphatic heterocycles. The molecule has 162 valence electrons. The third-order valence-corrected chi connectivity index (χ3v) is 5.81. The summed E-state index contributed by atoms with van der Waals surface area (Å²) >= 11 is 0. The Kier molecular flexibility index (Phi) is 5.92. The van der Waals surface area contributed by atoms with Gasteiger partial charge in [0, 0.05) is 17.8 Å². The Morgan fingerprint density at radius 2 is 1.87 bits per heavy atom. The number of phenolic OH excluding ortho intramolecular Hbond substituents is 1. The van der Waals surface area contributed by atoms with E-state index in [9.17, 15) is 23.4 Å². The van der Waals surface area contributed by atoms with Gasteiger partial charge in [0.25, 0.3) is 0 Å². The van der Waals surface area contributed by atoms with Gasteiger partial charge < -0.3 is 15.2 Å². The van der Waals surface area contributed by atoms with E-state index in [1.807, 2.05) is 31.2 Å². The van der Waals surface area contributed by atoms with Gasteiger partial charge >= 0.3 is 6.18 Å². The third-order valence-electron chi connectivity index (χ3n) is 5.81. The number of aromatic amines is 1. The molecule has 1 aromatic carbocycles. The van der Waals surface area contributed by atoms with Gasteiger partial charge in [-0.1, -0.05) is 57.2 Å². The molecular formula is C24H28F3NO2. The van der Waals surface area contributed by atoms with Crippen molar-refractivity contribution in [2.45, 2.75) is 63.6 Å². The molecule has 0 spiro atoms. The average Bonchev–Trinajstić information content (AvgIpc) is 2.88. The molecule has 1 heterocycles. The first kappa shape index (κ1) is 22.2. The maximum atomic E-state index is 14.1. The monoisotopic (exact) mass is 419 g/mol. The van der Waals surface area contributed by atoms with Gasteiger partial charge in [0.1, 0.15) is 5.75 Å². The summed E-state index contributed by atoms with van der Waals surface area (Å²) in [5.74, 6) is -0.00182. The molecule has 2 aromatic rings. The number of fused-ring (bicyclic) bond motifs is 1. The Morgan fingerprint density at radius 3 is 2.53 bits per heavy atom. The lowest BCUT2D eigenvalue weighted by atomic mass is 9.72. The quantitative estimate of drug-likeness (QED) is 0.570. The largest absolute Gasteiger partial charge is 0.507 e. The smallest absolute Gasteiger partial charge is 0.417 e. The molecular weight excluding hydrogens is 391 g/mol. The number of benzene rings is 1. The number of H-pyrrole nitrogens is 1. The van der Waals surface area contributed by atoms with Crippen molar-refractivity contribution in [1.29, 1.82) is 0 Å². The summed E-state index contributed by atoms with van der Waals surface area (Å²) in [4.78, 5) is 3.02. The lowest BCUT2D eigenvalue weighted by Crippen LogP contribution is -2.50. The van der Waals surface area contributed by atoms with Crippen LogP contribution >= 0.6 is 0 Å². The molecule has 30 heavy (non-hydrogen) atoms. The molecule has 0 saturated heterocycles. The van der Waals surface area contributed by atoms with Gasteiger partial charge in [0.15, 0.2) is 5.60 Å². The zero-order valence-corrected chi connectivity index (χ0v) is 17.5. The van der Waals surface area contributed by atoms with Crippen molar-refractivity contribution in [3.8, 4) is 5.75 Å². The highest BCUT2D eigenvalue weighted by Gasteiger charge is 2.56. The Hall–Kier alpha value is -2.47. The fourth-order valence-electron chi connectivity index (χ4n) is 4.24. The van der Waals surface area contributed by atoms with E-state index in [0.29, 0.717) is 29.7 Å². The van der Waals surface area contributed by atoms with E-state index in [4.69, 9.17) is 0 Å². The van der Waals surface area contributed by atoms with Crippen molar-refractivity contribution in [3.05, 3.63) is 70.6 Å². The Bertz CT molecular complexity index is 969. The standard InChI is InChI=1S/C24H28F3NO2/c1-4-16-10-8-11-19(21(16)29)22(2,3)15-23(30,24(25,26)27)14-18-13-17-9-6-5-7-12-20(17)28-18/h5-8,10-13,28-30H,4,9,14-15H2,1-3H3. The number of halogens is 3. The second-order valence-corrected chi connectivity index (χ2v) is 8.66. The van der Waals surface area contributed by atoms with Crippen molar-refractivity contribution in [2.75, 3.05) is 0 Å². The fourth-order valence-corrected chi connectivity index (χ4v) is 4.24. The highest BCUT2D eigenvalue weighted by atomic mass is 19.4. The van der Waals surface area contributed by atoms with Gasteiger partial charge in [-0.15, -0.1) is 0 Å². The van der Waals surface area contributed by atoms with Crippen LogP contribution in [0.15, 0.2) is 42.5 Å². The van der Waals surface area contributed by atoms with E-state index >= 15 is 0 Å². The van der Waals surface area contributed by atoms with Crippen molar-refractivity contribution >= 4 is 6.08 Å². The normalized spacial score (nSPS) is 16.2. The summed E-state index contributed by atoms with van der Waals surface area (Å²) in [6.07, 6.45) is 2.65. The summed E-state index contributed by atoms with van der Waals surface area (Å²) in [6, 6.07) is 6.79. The zero-order valence-electron chi connectivity index (χ0n) is 17.5. The van der Waals surface area contributed by atoms with Crippen LogP contribution in [0.4, 0.5) is 13.2 Å². The highest BCUT2D eigenvalue weighted by Crippen LogP contribution is 2.45. The van der Waals surface area contributed by atoms with Crippen molar-refractivity contribution in [2.24, 2.45) is 0 Å². The first-order chi connectivity index (χ1) is 14.0. The lowest BCUT2D eigenvalue weighted by molar-refractivity contribution is -0.266. The lowest BCUT2D eigenvalue weighted by Gasteiger charge is -2.38. The van der Waals surface area contributed by atoms with Crippen LogP contribution < -0.4 is 0 Å². The molecule has 0 bridgehead atoms. The predicted octanol–water partition coefficient (Wildman–Crippen LogP) is 5.61. The van der Waals surface area contributed by atoms with Gasteiger partial charge in [-0.2, -0.15) is 13.2 Å². The predicted molar refractivity (Wildman–Crippen MR) is 113 cm³/mol. The molecule has 0 amide bonds. The molecule has 1 aromatic heterocycles. The highest BCUT2D eigenvalue weighted by molar-refractivity contribution is 5.55. The molecule has 0 fully saturated rings. The molecule has 3 N–H and O–H groups in total. The molecule has 0 radical (unpaired) electrons. The molecule has 1 atom stereocenters. The topological polar surface area (TPSA) is 56.2 Å². The van der Waals surface area contributed by atoms with Crippen molar-refractivity contribution in [3.63, 3.8) is 0 Å². The summed E-state index contributed by atoms with van der Waals surface area (Å²) in [6.45, 7) is 5.11. The minimum Gasteiger partial charge on any atom is -0.507 e. The number of aryl methyl sites for hydroxylation is 1. The first-order valence-electron chi connectivity index (χ1n) is 10.1. The van der Waals surface area contributed by atoms with Crippen molar-refractivity contribution < 1.29 is 23.4 Å². The van der Waals surface area contributed by atoms with E-state index in [1.54, 1.807) is 38.1 Å². The van der Waals surface area contributed by atoms with Crippen LogP contribution in [0.5, 0.6) is 5.75 Å². The summed E-state index contributed by atoms with van der Waals surface area (Å²) in [5, 5.41) is 21.4. The molecule has 0 saturated carbocycles. The Labute approximate surface area is 175 Å². The minimum absolute atomic E-state index is 0.00182. The minimum atomic E-state index is -4.83. The number of aromatic nitrogens is 1. The number of alkyl halides is 3. The second kappa shape index (κ2) is 7.99. The first-order valence-corrected chi connectivity index (χ1v) is 10.1. The second-order valence-electron chi connectivity index (χ2n) is 8.66. The number of hydrogen-bond donors (Lipinski definition) is 3. The van der Waals surface area contributed by atoms with E-state index in [2.05, 4.69) is 4.98 Å². The van der Waals surface area contributed by atoms with Crippen LogP contribution in [0.3, 0.4) is 0 Å². The molecule has 1 unspecified atom stereocenters. The van der Waals surface area contributed by atoms with Crippen molar-refractivity contribution in [1.82, 2.24) is 4.98 Å². The summed E-state index contributed by atoms with van der Waals surface area (Å²) in [5.41, 5.74) is -0.995. The van der Waals surface area contributed by atoms with Crippen LogP contribution in [-0.4, -0.2) is 27.0 Å². The maximum Gasteiger partial charge on any atom is 0.417 e. The van der Waals surface area contributed by atoms with Crippen LogP contribution in [0.25, 0.3) is 6.08 Å². The molecule has 6 heteroatoms. The molecule has 1 aliphatic rings. The molecule has 1 aliphatic carbocycles. The molecule has 3 rings (SSSR count). The van der Waals surface area contributed by atoms with Gasteiger partial charge in [-0.25, -0.2) is 0 Å². The number of phenols is 1. The Balaban J connectivity index is 1.94. The number of nitrogens with one attached hydrogen (secondary N) is 1. The van der Waals surface area contributed by atoms with Crippen LogP contribution in [0.1, 0.15) is 55.3 Å². The molecule has 3 nitrogen and oxygen atoms in total. The summed E-state index contributed by atoms with van der Waals surface area (Å²) in [7, 11) is 0. The van der Waals surface area contributed by atoms with E-state index in [0.717, 1.165) is 11.3 Å². The number of aromatic hydroxyl groups is 1. The average molecular weight is 419 g/mol. The number of allylic oxidation sites excluding steroid dienone is 3. The third kappa shape index (κ3) is 4.33. The number of aliphatic hydroxyl groups is 1. The van der Waals surface area contributed by atoms with Crippen LogP contribution in [0, 0.1) is 0 Å². The van der Waals surface area contributed by atoms with E-state index < -0.39 is 30.0 Å². The summed E-state index contributed by atoms with van der Waals surface area (Å²) < 4.78 is 42.2. The Morgan fingerprint density at radius 1 is 1.13 bits per heavy atom. The van der Waals surface area contributed by atoms with Crippen LogP contribution in [-0.2, 0) is 24.7 Å². The van der Waals surface area contributed by atoms with Gasteiger partial charge in [-0.05, 0) is 53.5 Å².